The van der Waals surface area contributed by atoms with E-state index in [-0.39, 0.29) is 42.9 Å². The number of epoxide rings is 2. The van der Waals surface area contributed by atoms with Gasteiger partial charge in [0.1, 0.15) is 30.0 Å². The summed E-state index contributed by atoms with van der Waals surface area (Å²) < 4.78 is 23.2. The highest BCUT2D eigenvalue weighted by Gasteiger charge is 2.60. The fraction of sp³-hybridized carbons (Fsp3) is 0.378. The van der Waals surface area contributed by atoms with Crippen molar-refractivity contribution in [3.63, 3.8) is 0 Å². The van der Waals surface area contributed by atoms with Crippen LogP contribution in [-0.2, 0) is 33.8 Å². The molecule has 1 N–H and O–H groups in total. The molecule has 1 amide bonds. The monoisotopic (exact) mass is 635 g/mol. The van der Waals surface area contributed by atoms with Crippen LogP contribution in [0.4, 0.5) is 0 Å². The van der Waals surface area contributed by atoms with Crippen LogP contribution in [-0.4, -0.2) is 97.1 Å². The number of benzene rings is 4. The molecule has 0 spiro atoms. The first kappa shape index (κ1) is 30.3. The lowest BCUT2D eigenvalue weighted by Crippen LogP contribution is -2.55. The summed E-state index contributed by atoms with van der Waals surface area (Å²) in [6.07, 6.45) is 0.131. The summed E-state index contributed by atoms with van der Waals surface area (Å²) in [6, 6.07) is 31.1. The lowest BCUT2D eigenvalue weighted by Gasteiger charge is -2.38. The van der Waals surface area contributed by atoms with Gasteiger partial charge in [-0.05, 0) is 58.1 Å². The Labute approximate surface area is 275 Å². The van der Waals surface area contributed by atoms with E-state index in [0.29, 0.717) is 26.1 Å². The first-order chi connectivity index (χ1) is 23.0. The molecule has 0 radical (unpaired) electrons. The summed E-state index contributed by atoms with van der Waals surface area (Å²) in [7, 11) is 5.38. The fourth-order valence-corrected chi connectivity index (χ4v) is 7.37. The van der Waals surface area contributed by atoms with Crippen molar-refractivity contribution in [2.24, 2.45) is 0 Å². The molecular weight excluding hydrogens is 594 g/mol. The zero-order chi connectivity index (χ0) is 32.1. The molecule has 10 nitrogen and oxygen atoms in total. The van der Waals surface area contributed by atoms with Gasteiger partial charge < -0.3 is 23.8 Å². The summed E-state index contributed by atoms with van der Waals surface area (Å²) >= 11 is 0. The van der Waals surface area contributed by atoms with Crippen LogP contribution in [0, 0.1) is 0 Å². The van der Waals surface area contributed by atoms with Gasteiger partial charge in [0.15, 0.2) is 12.5 Å². The van der Waals surface area contributed by atoms with E-state index in [9.17, 15) is 4.79 Å². The first-order valence-electron chi connectivity index (χ1n) is 16.3. The molecule has 0 aliphatic carbocycles. The largest absolute Gasteiger partial charge is 0.497 e. The van der Waals surface area contributed by atoms with E-state index in [1.165, 1.54) is 16.3 Å². The Kier molecular flexibility index (Phi) is 8.08. The highest BCUT2D eigenvalue weighted by Crippen LogP contribution is 2.42. The first-order valence-corrected chi connectivity index (χ1v) is 16.3. The number of amides is 1. The summed E-state index contributed by atoms with van der Waals surface area (Å²) in [5.41, 5.74) is 3.56. The Morgan fingerprint density at radius 2 is 1.57 bits per heavy atom. The highest BCUT2D eigenvalue weighted by atomic mass is 16.6. The third-order valence-corrected chi connectivity index (χ3v) is 10.0. The number of carbonyl (C=O) groups excluding carboxylic acids is 1. The number of nitrogens with zero attached hydrogens (tertiary/aromatic N) is 4. The average Bonchev–Trinajstić information content (AvgIpc) is 4.03. The molecule has 47 heavy (non-hydrogen) atoms. The SMILES string of the molecule is COc1ccc(CNC2OC2N(C)N2CC(=O)N3[C@@H](Cc4ccc(OC)cc4)C4OC4N(Cc4cccc5ccccc45)C[C@@H]32)cc1. The van der Waals surface area contributed by atoms with E-state index in [1.807, 2.05) is 31.3 Å². The van der Waals surface area contributed by atoms with Crippen LogP contribution in [0.1, 0.15) is 16.7 Å². The lowest BCUT2D eigenvalue weighted by molar-refractivity contribution is -0.131. The predicted octanol–water partition coefficient (Wildman–Crippen LogP) is 3.80. The standard InChI is InChI=1S/C37H41N5O5/c1-39(37-35(47-37)38-20-25-13-17-29(45-3)18-14-25)41-23-33(43)42-31(19-24-11-15-28(44-2)16-12-24)34-36(46-34)40(22-32(41)42)21-27-9-6-8-26-7-4-5-10-30(26)27/h4-18,31-32,34-38H,19-23H2,1-3H3/t31-,32+,34?,35?,36?,37?/m0/s1. The summed E-state index contributed by atoms with van der Waals surface area (Å²) in [6.45, 7) is 2.37. The summed E-state index contributed by atoms with van der Waals surface area (Å²) in [5, 5.41) is 10.3. The molecule has 244 valence electrons. The van der Waals surface area contributed by atoms with Crippen molar-refractivity contribution >= 4 is 16.7 Å². The minimum Gasteiger partial charge on any atom is -0.497 e. The fourth-order valence-electron chi connectivity index (χ4n) is 7.37. The van der Waals surface area contributed by atoms with E-state index < -0.39 is 0 Å². The normalized spacial score (nSPS) is 27.1. The van der Waals surface area contributed by atoms with E-state index >= 15 is 0 Å². The maximum atomic E-state index is 14.0. The van der Waals surface area contributed by atoms with Crippen molar-refractivity contribution in [2.45, 2.75) is 56.5 Å². The number of ether oxygens (including phenoxy) is 4. The van der Waals surface area contributed by atoms with Crippen molar-refractivity contribution in [1.29, 1.82) is 0 Å². The molecule has 4 saturated heterocycles. The summed E-state index contributed by atoms with van der Waals surface area (Å²) in [4.78, 5) is 18.5. The van der Waals surface area contributed by atoms with Crippen LogP contribution in [0.5, 0.6) is 11.5 Å². The second kappa shape index (κ2) is 12.5. The van der Waals surface area contributed by atoms with Gasteiger partial charge in [-0.15, -0.1) is 0 Å². The molecule has 4 heterocycles. The second-order valence-corrected chi connectivity index (χ2v) is 12.8. The third-order valence-electron chi connectivity index (χ3n) is 10.0. The van der Waals surface area contributed by atoms with E-state index in [4.69, 9.17) is 18.9 Å². The minimum atomic E-state index is -0.165. The molecule has 8 rings (SSSR count). The number of rotatable bonds is 11. The molecule has 4 aliphatic heterocycles. The summed E-state index contributed by atoms with van der Waals surface area (Å²) in [5.74, 6) is 1.77. The van der Waals surface area contributed by atoms with Gasteiger partial charge in [0.2, 0.25) is 5.91 Å². The Morgan fingerprint density at radius 1 is 0.872 bits per heavy atom. The quantitative estimate of drug-likeness (QED) is 0.248. The number of hydrogen-bond acceptors (Lipinski definition) is 9. The van der Waals surface area contributed by atoms with Gasteiger partial charge in [0.25, 0.3) is 0 Å². The van der Waals surface area contributed by atoms with Crippen LogP contribution >= 0.6 is 0 Å². The van der Waals surface area contributed by atoms with Crippen LogP contribution in [0.25, 0.3) is 10.8 Å². The Bertz CT molecular complexity index is 1730. The molecule has 4 aromatic carbocycles. The molecule has 4 unspecified atom stereocenters. The second-order valence-electron chi connectivity index (χ2n) is 12.8. The van der Waals surface area contributed by atoms with Gasteiger partial charge in [-0.1, -0.05) is 66.7 Å². The number of fused-ring (bicyclic) bond motifs is 3. The maximum Gasteiger partial charge on any atom is 0.240 e. The number of hydrogen-bond donors (Lipinski definition) is 1. The van der Waals surface area contributed by atoms with Gasteiger partial charge in [-0.3, -0.25) is 15.0 Å². The predicted molar refractivity (Wildman–Crippen MR) is 177 cm³/mol. The van der Waals surface area contributed by atoms with Crippen LogP contribution in [0.15, 0.2) is 91.0 Å². The van der Waals surface area contributed by atoms with E-state index in [1.54, 1.807) is 14.2 Å². The smallest absolute Gasteiger partial charge is 0.240 e. The number of nitrogens with one attached hydrogen (secondary N) is 1. The van der Waals surface area contributed by atoms with Gasteiger partial charge >= 0.3 is 0 Å². The van der Waals surface area contributed by atoms with Gasteiger partial charge in [-0.2, -0.15) is 0 Å². The van der Waals surface area contributed by atoms with Crippen molar-refractivity contribution in [3.8, 4) is 11.5 Å². The van der Waals surface area contributed by atoms with E-state index in [0.717, 1.165) is 29.2 Å². The number of methoxy groups -OCH3 is 2. The molecule has 0 saturated carbocycles. The number of likely N-dealkylation sites (N-methyl/N-ethyl adjacent to an activating group) is 1. The Morgan fingerprint density at radius 3 is 2.32 bits per heavy atom. The van der Waals surface area contributed by atoms with Crippen molar-refractivity contribution in [1.82, 2.24) is 25.1 Å². The zero-order valence-electron chi connectivity index (χ0n) is 27.0. The molecule has 4 aromatic rings. The van der Waals surface area contributed by atoms with Crippen LogP contribution < -0.4 is 14.8 Å². The minimum absolute atomic E-state index is 0.0566. The Hall–Kier alpha value is -4.03. The molecule has 10 heteroatoms. The molecule has 4 aliphatic rings. The van der Waals surface area contributed by atoms with Gasteiger partial charge in [0.05, 0.1) is 26.8 Å². The van der Waals surface area contributed by atoms with Crippen molar-refractivity contribution in [2.75, 3.05) is 34.4 Å². The number of carbonyl (C=O) groups is 1. The molecule has 6 atom stereocenters. The molecule has 4 fully saturated rings. The molecular formula is C37H41N5O5. The Balaban J connectivity index is 1.04. The number of hydrazine groups is 1. The third kappa shape index (κ3) is 5.97. The highest BCUT2D eigenvalue weighted by molar-refractivity contribution is 5.85. The topological polar surface area (TPSA) is 85.6 Å². The van der Waals surface area contributed by atoms with Gasteiger partial charge in [0, 0.05) is 26.7 Å². The van der Waals surface area contributed by atoms with E-state index in [2.05, 4.69) is 91.9 Å². The maximum absolute atomic E-state index is 14.0. The van der Waals surface area contributed by atoms with Gasteiger partial charge in [-0.25, -0.2) is 10.0 Å². The van der Waals surface area contributed by atoms with Crippen molar-refractivity contribution in [3.05, 3.63) is 108 Å². The van der Waals surface area contributed by atoms with Crippen LogP contribution in [0.2, 0.25) is 0 Å². The average molecular weight is 636 g/mol. The molecule has 0 bridgehead atoms. The van der Waals surface area contributed by atoms with Crippen LogP contribution in [0.3, 0.4) is 0 Å². The zero-order valence-corrected chi connectivity index (χ0v) is 27.0. The molecule has 0 aromatic heterocycles. The van der Waals surface area contributed by atoms with Crippen molar-refractivity contribution < 1.29 is 23.7 Å². The lowest BCUT2D eigenvalue weighted by atomic mass is 10.0.